The Morgan fingerprint density at radius 1 is 0.857 bits per heavy atom. The number of halogens is 1. The van der Waals surface area contributed by atoms with E-state index in [0.29, 0.717) is 17.5 Å². The number of benzene rings is 3. The first kappa shape index (κ1) is 34.1. The molecule has 0 spiro atoms. The van der Waals surface area contributed by atoms with Crippen LogP contribution in [0.5, 0.6) is 17.2 Å². The Morgan fingerprint density at radius 2 is 1.48 bits per heavy atom. The van der Waals surface area contributed by atoms with Crippen molar-refractivity contribution in [2.24, 2.45) is 0 Å². The third kappa shape index (κ3) is 11.0. The zero-order valence-electron chi connectivity index (χ0n) is 26.0. The quantitative estimate of drug-likeness (QED) is 0.0653. The van der Waals surface area contributed by atoms with Crippen molar-refractivity contribution in [3.63, 3.8) is 0 Å². The number of unbranched alkanes of at least 4 members (excludes halogenated alkanes) is 3. The fraction of sp³-hybridized carbons (Fsp3) is 0.424. The first-order valence-corrected chi connectivity index (χ1v) is 21.4. The molecule has 0 heterocycles. The molecule has 6 nitrogen and oxygen atoms in total. The number of hydrogen-bond acceptors (Lipinski definition) is 6. The topological polar surface area (TPSA) is 63.2 Å². The second kappa shape index (κ2) is 15.9. The lowest BCUT2D eigenvalue weighted by molar-refractivity contribution is 0.0734. The maximum atomic E-state index is 12.8. The molecule has 228 valence electrons. The first-order valence-electron chi connectivity index (χ1n) is 14.7. The minimum absolute atomic E-state index is 0.113. The van der Waals surface area contributed by atoms with E-state index in [4.69, 9.17) is 22.8 Å². The van der Waals surface area contributed by atoms with Gasteiger partial charge in [0.15, 0.2) is 0 Å². The van der Waals surface area contributed by atoms with Crippen molar-refractivity contribution in [3.8, 4) is 28.4 Å². The molecule has 0 N–H and O–H groups in total. The van der Waals surface area contributed by atoms with Gasteiger partial charge in [0.25, 0.3) is 0 Å². The van der Waals surface area contributed by atoms with E-state index in [9.17, 15) is 4.79 Å². The molecule has 0 radical (unpaired) electrons. The van der Waals surface area contributed by atoms with Gasteiger partial charge in [-0.05, 0) is 115 Å². The van der Waals surface area contributed by atoms with E-state index in [0.717, 1.165) is 39.9 Å². The van der Waals surface area contributed by atoms with Crippen molar-refractivity contribution in [1.82, 2.24) is 0 Å². The molecule has 0 aliphatic heterocycles. The minimum Gasteiger partial charge on any atom is -0.494 e. The van der Waals surface area contributed by atoms with Gasteiger partial charge in [-0.15, -0.1) is 0 Å². The number of esters is 1. The summed E-state index contributed by atoms with van der Waals surface area (Å²) in [6.07, 6.45) is 6.53. The third-order valence-corrected chi connectivity index (χ3v) is 13.4. The van der Waals surface area contributed by atoms with Gasteiger partial charge >= 0.3 is 14.5 Å². The van der Waals surface area contributed by atoms with E-state index in [-0.39, 0.29) is 6.10 Å². The molecule has 3 aromatic carbocycles. The summed E-state index contributed by atoms with van der Waals surface area (Å²) in [4.78, 5) is 12.8. The van der Waals surface area contributed by atoms with Gasteiger partial charge in [-0.3, -0.25) is 0 Å². The predicted molar refractivity (Wildman–Crippen MR) is 178 cm³/mol. The highest BCUT2D eigenvalue weighted by Gasteiger charge is 2.34. The summed E-state index contributed by atoms with van der Waals surface area (Å²) in [5.41, 5.74) is 2.51. The van der Waals surface area contributed by atoms with Crippen LogP contribution in [-0.4, -0.2) is 42.3 Å². The highest BCUT2D eigenvalue weighted by atomic mass is 79.9. The Labute approximate surface area is 262 Å². The maximum Gasteiger partial charge on any atom is 0.343 e. The Morgan fingerprint density at radius 3 is 2.05 bits per heavy atom. The van der Waals surface area contributed by atoms with Gasteiger partial charge in [0.2, 0.25) is 8.32 Å². The largest absolute Gasteiger partial charge is 0.494 e. The molecule has 3 aromatic rings. The molecule has 1 unspecified atom stereocenters. The fourth-order valence-corrected chi connectivity index (χ4v) is 11.4. The van der Waals surface area contributed by atoms with E-state index in [1.807, 2.05) is 55.6 Å². The number of carbonyl (C=O) groups excluding carboxylic acids is 1. The lowest BCUT2D eigenvalue weighted by atomic mass is 10.1. The Balaban J connectivity index is 1.53. The van der Waals surface area contributed by atoms with Crippen molar-refractivity contribution in [2.45, 2.75) is 78.2 Å². The van der Waals surface area contributed by atoms with Crippen LogP contribution in [0.3, 0.4) is 0 Å². The zero-order valence-corrected chi connectivity index (χ0v) is 29.6. The highest BCUT2D eigenvalue weighted by Crippen LogP contribution is 2.29. The molecule has 0 amide bonds. The van der Waals surface area contributed by atoms with Gasteiger partial charge < -0.3 is 22.8 Å². The SMILES string of the molecule is CCCCCCC(C)Oc1ccc(C(=O)Oc2ccc(-c3ccc(OC[Si](C)(C)O[Si](C)(C)OC)cc3)cc2)cc1Br. The Bertz CT molecular complexity index is 1280. The number of ether oxygens (including phenoxy) is 3. The summed E-state index contributed by atoms with van der Waals surface area (Å²) in [5.74, 6) is 1.59. The molecule has 9 heteroatoms. The molecule has 0 aliphatic rings. The molecule has 0 fully saturated rings. The van der Waals surface area contributed by atoms with Crippen molar-refractivity contribution in [1.29, 1.82) is 0 Å². The molecule has 0 aromatic heterocycles. The third-order valence-electron chi connectivity index (χ3n) is 6.81. The van der Waals surface area contributed by atoms with Crippen LogP contribution in [0.15, 0.2) is 71.2 Å². The van der Waals surface area contributed by atoms with Crippen LogP contribution in [-0.2, 0) is 8.54 Å². The van der Waals surface area contributed by atoms with Gasteiger partial charge in [-0.1, -0.05) is 50.5 Å². The molecule has 3 rings (SSSR count). The van der Waals surface area contributed by atoms with Crippen LogP contribution in [0, 0.1) is 0 Å². The van der Waals surface area contributed by atoms with Crippen LogP contribution in [0.1, 0.15) is 56.3 Å². The average Bonchev–Trinajstić information content (AvgIpc) is 2.95. The van der Waals surface area contributed by atoms with E-state index in [1.165, 1.54) is 19.3 Å². The highest BCUT2D eigenvalue weighted by molar-refractivity contribution is 9.10. The monoisotopic (exact) mass is 672 g/mol. The first-order chi connectivity index (χ1) is 19.9. The average molecular weight is 674 g/mol. The molecular formula is C33H45BrO6Si2. The second-order valence-electron chi connectivity index (χ2n) is 11.6. The van der Waals surface area contributed by atoms with E-state index in [2.05, 4.69) is 42.9 Å². The van der Waals surface area contributed by atoms with Crippen LogP contribution < -0.4 is 14.2 Å². The predicted octanol–water partition coefficient (Wildman–Crippen LogP) is 9.56. The normalized spacial score (nSPS) is 12.6. The number of rotatable bonds is 16. The summed E-state index contributed by atoms with van der Waals surface area (Å²) in [7, 11) is -2.43. The molecule has 0 saturated carbocycles. The fourth-order valence-electron chi connectivity index (χ4n) is 4.48. The smallest absolute Gasteiger partial charge is 0.343 e. The van der Waals surface area contributed by atoms with Crippen LogP contribution in [0.25, 0.3) is 11.1 Å². The molecule has 42 heavy (non-hydrogen) atoms. The lowest BCUT2D eigenvalue weighted by Crippen LogP contribution is -2.49. The standard InChI is InChI=1S/C33H45BrO6Si2/c1-8-9-10-11-12-25(2)38-32-22-17-28(23-31(32)34)33(35)39-30-20-15-27(16-21-30)26-13-18-29(19-14-26)37-24-41(4,5)40-42(6,7)36-3/h13-23,25H,8-12,24H2,1-7H3. The lowest BCUT2D eigenvalue weighted by Gasteiger charge is -2.31. The van der Waals surface area contributed by atoms with E-state index < -0.39 is 22.8 Å². The summed E-state index contributed by atoms with van der Waals surface area (Å²) in [5, 5.41) is 0. The number of carbonyl (C=O) groups is 1. The summed E-state index contributed by atoms with van der Waals surface area (Å²) < 4.78 is 30.3. The molecular weight excluding hydrogens is 628 g/mol. The molecule has 0 aliphatic carbocycles. The summed E-state index contributed by atoms with van der Waals surface area (Å²) >= 11 is 3.55. The summed E-state index contributed by atoms with van der Waals surface area (Å²) in [6.45, 7) is 12.7. The van der Waals surface area contributed by atoms with Crippen molar-refractivity contribution < 1.29 is 27.5 Å². The minimum atomic E-state index is -2.11. The van der Waals surface area contributed by atoms with Gasteiger partial charge in [-0.2, -0.15) is 0 Å². The second-order valence-corrected chi connectivity index (χ2v) is 20.3. The van der Waals surface area contributed by atoms with Crippen LogP contribution in [0.4, 0.5) is 0 Å². The van der Waals surface area contributed by atoms with Crippen molar-refractivity contribution in [3.05, 3.63) is 76.8 Å². The molecule has 1 atom stereocenters. The molecule has 0 saturated heterocycles. The van der Waals surface area contributed by atoms with Gasteiger partial charge in [0, 0.05) is 7.11 Å². The zero-order chi connectivity index (χ0) is 30.8. The van der Waals surface area contributed by atoms with Gasteiger partial charge in [0.05, 0.1) is 16.1 Å². The number of hydrogen-bond donors (Lipinski definition) is 0. The van der Waals surface area contributed by atoms with Crippen molar-refractivity contribution in [2.75, 3.05) is 13.3 Å². The Kier molecular flexibility index (Phi) is 12.9. The maximum absolute atomic E-state index is 12.8. The van der Waals surface area contributed by atoms with E-state index >= 15 is 0 Å². The molecule has 0 bridgehead atoms. The van der Waals surface area contributed by atoms with Gasteiger partial charge in [-0.25, -0.2) is 4.79 Å². The summed E-state index contributed by atoms with van der Waals surface area (Å²) in [6, 6.07) is 20.8. The van der Waals surface area contributed by atoms with Gasteiger partial charge in [0.1, 0.15) is 23.5 Å². The van der Waals surface area contributed by atoms with E-state index in [1.54, 1.807) is 31.4 Å². The van der Waals surface area contributed by atoms with Crippen LogP contribution in [0.2, 0.25) is 26.2 Å². The Hall–Kier alpha value is -2.44. The van der Waals surface area contributed by atoms with Crippen molar-refractivity contribution >= 4 is 38.8 Å². The van der Waals surface area contributed by atoms with Crippen LogP contribution >= 0.6 is 15.9 Å².